The van der Waals surface area contributed by atoms with E-state index in [1.54, 1.807) is 0 Å². The van der Waals surface area contributed by atoms with Gasteiger partial charge >= 0.3 is 0 Å². The Morgan fingerprint density at radius 1 is 0.530 bits per heavy atom. The lowest BCUT2D eigenvalue weighted by molar-refractivity contribution is 0.360. The number of anilines is 5. The van der Waals surface area contributed by atoms with Gasteiger partial charge in [0.25, 0.3) is 0 Å². The van der Waals surface area contributed by atoms with Crippen molar-refractivity contribution < 1.29 is 13.9 Å². The summed E-state index contributed by atoms with van der Waals surface area (Å²) in [5.74, 6) is 3.10. The van der Waals surface area contributed by atoms with Crippen LogP contribution in [0.4, 0.5) is 28.4 Å². The van der Waals surface area contributed by atoms with Crippen molar-refractivity contribution in [2.75, 3.05) is 9.80 Å². The van der Waals surface area contributed by atoms with Gasteiger partial charge in [-0.2, -0.15) is 0 Å². The van der Waals surface area contributed by atoms with Gasteiger partial charge < -0.3 is 23.7 Å². The average molecular weight is 849 g/mol. The number of hydrogen-bond acceptors (Lipinski definition) is 5. The van der Waals surface area contributed by atoms with Crippen molar-refractivity contribution in [2.24, 2.45) is 0 Å². The fourth-order valence-corrected chi connectivity index (χ4v) is 12.3. The highest BCUT2D eigenvalue weighted by atomic mass is 16.6. The first-order valence-electron chi connectivity index (χ1n) is 23.1. The summed E-state index contributed by atoms with van der Waals surface area (Å²) in [7, 11) is 0. The van der Waals surface area contributed by atoms with Gasteiger partial charge in [-0.3, -0.25) is 0 Å². The smallest absolute Gasteiger partial charge is 0.178 e. The molecule has 1 aromatic heterocycles. The van der Waals surface area contributed by atoms with E-state index >= 15 is 0 Å². The minimum atomic E-state index is -0.439. The molecule has 6 aliphatic rings. The summed E-state index contributed by atoms with van der Waals surface area (Å²) in [6.07, 6.45) is 16.0. The van der Waals surface area contributed by atoms with Crippen LogP contribution in [0.1, 0.15) is 46.6 Å². The molecule has 0 bridgehead atoms. The second kappa shape index (κ2) is 13.4. The fourth-order valence-electron chi connectivity index (χ4n) is 12.3. The summed E-state index contributed by atoms with van der Waals surface area (Å²) >= 11 is 0. The summed E-state index contributed by atoms with van der Waals surface area (Å²) in [5.41, 5.74) is 18.1. The molecule has 312 valence electrons. The Hall–Kier alpha value is -8.28. The largest absolute Gasteiger partial charge is 0.456 e. The van der Waals surface area contributed by atoms with E-state index in [9.17, 15) is 0 Å². The third kappa shape index (κ3) is 4.79. The quantitative estimate of drug-likeness (QED) is 0.176. The number of ether oxygens (including phenoxy) is 2. The van der Waals surface area contributed by atoms with E-state index in [-0.39, 0.29) is 12.0 Å². The van der Waals surface area contributed by atoms with Crippen LogP contribution in [0.25, 0.3) is 38.6 Å². The molecule has 2 aliphatic heterocycles. The molecule has 0 saturated heterocycles. The fraction of sp³-hybridized carbons (Fsp3) is 0.0820. The number of benzene rings is 8. The van der Waals surface area contributed by atoms with Crippen molar-refractivity contribution in [3.63, 3.8) is 0 Å². The Labute approximate surface area is 382 Å². The van der Waals surface area contributed by atoms with E-state index < -0.39 is 5.41 Å². The van der Waals surface area contributed by atoms with E-state index in [0.717, 1.165) is 74.6 Å². The van der Waals surface area contributed by atoms with Crippen molar-refractivity contribution in [2.45, 2.75) is 30.2 Å². The molecule has 0 N–H and O–H groups in total. The molecule has 0 radical (unpaired) electrons. The van der Waals surface area contributed by atoms with Crippen molar-refractivity contribution in [1.29, 1.82) is 0 Å². The predicted octanol–water partition coefficient (Wildman–Crippen LogP) is 16.1. The standard InChI is InChI=1S/C61H40N2O3/c1-7-22-48-41(16-1)42-17-2-8-23-49(42)61(48)50-24-9-3-21-47(50)59-51(61)31-33-56-60(59)66-58-36-40(29-32-55(58)65-56)62(39-28-30-46-45-20-6-12-27-54(45)64-57(46)35-39)37-14-13-15-38(34-37)63-52-25-10-4-18-43(52)44-19-5-11-26-53(44)63/h1,3-7,9-36,43,52H,2,8H2. The zero-order valence-electron chi connectivity index (χ0n) is 35.8. The average Bonchev–Trinajstić information content (AvgIpc) is 4.10. The summed E-state index contributed by atoms with van der Waals surface area (Å²) in [5, 5.41) is 2.19. The zero-order chi connectivity index (χ0) is 43.1. The van der Waals surface area contributed by atoms with Gasteiger partial charge in [-0.15, -0.1) is 0 Å². The van der Waals surface area contributed by atoms with Crippen molar-refractivity contribution in [1.82, 2.24) is 0 Å². The molecular formula is C61H40N2O3. The normalized spacial score (nSPS) is 19.7. The van der Waals surface area contributed by atoms with E-state index in [2.05, 4.69) is 198 Å². The molecule has 0 saturated carbocycles. The molecule has 1 spiro atoms. The number of fused-ring (bicyclic) bond motifs is 19. The number of furan rings is 1. The first-order valence-corrected chi connectivity index (χ1v) is 23.1. The third-order valence-electron chi connectivity index (χ3n) is 14.9. The molecule has 4 aliphatic carbocycles. The maximum absolute atomic E-state index is 7.25. The molecule has 3 heterocycles. The summed E-state index contributed by atoms with van der Waals surface area (Å²) in [6.45, 7) is 0. The van der Waals surface area contributed by atoms with Crippen LogP contribution in [0.5, 0.6) is 23.0 Å². The van der Waals surface area contributed by atoms with Gasteiger partial charge in [-0.1, -0.05) is 134 Å². The third-order valence-corrected chi connectivity index (χ3v) is 14.9. The van der Waals surface area contributed by atoms with E-state index in [0.29, 0.717) is 11.5 Å². The number of para-hydroxylation sites is 2. The lowest BCUT2D eigenvalue weighted by atomic mass is 9.69. The Morgan fingerprint density at radius 2 is 1.27 bits per heavy atom. The highest BCUT2D eigenvalue weighted by Crippen LogP contribution is 2.67. The number of nitrogens with zero attached hydrogens (tertiary/aromatic N) is 2. The highest BCUT2D eigenvalue weighted by molar-refractivity contribution is 6.06. The van der Waals surface area contributed by atoms with E-state index in [1.165, 1.54) is 50.2 Å². The Kier molecular flexibility index (Phi) is 7.32. The van der Waals surface area contributed by atoms with Crippen LogP contribution in [-0.4, -0.2) is 6.04 Å². The van der Waals surface area contributed by atoms with Crippen LogP contribution in [0, 0.1) is 0 Å². The lowest BCUT2D eigenvalue weighted by Crippen LogP contribution is -2.28. The maximum atomic E-state index is 7.25. The molecule has 15 rings (SSSR count). The Morgan fingerprint density at radius 3 is 2.23 bits per heavy atom. The molecule has 3 unspecified atom stereocenters. The van der Waals surface area contributed by atoms with Crippen LogP contribution in [0.2, 0.25) is 0 Å². The van der Waals surface area contributed by atoms with Crippen molar-refractivity contribution in [3.8, 4) is 34.1 Å². The van der Waals surface area contributed by atoms with Gasteiger partial charge in [-0.25, -0.2) is 0 Å². The van der Waals surface area contributed by atoms with Crippen LogP contribution < -0.4 is 19.3 Å². The highest BCUT2D eigenvalue weighted by Gasteiger charge is 2.55. The van der Waals surface area contributed by atoms with Gasteiger partial charge in [0.05, 0.1) is 17.1 Å². The maximum Gasteiger partial charge on any atom is 0.178 e. The molecule has 5 heteroatoms. The summed E-state index contributed by atoms with van der Waals surface area (Å²) in [6, 6.07) is 61.3. The second-order valence-electron chi connectivity index (χ2n) is 18.2. The van der Waals surface area contributed by atoms with Crippen LogP contribution >= 0.6 is 0 Å². The Balaban J connectivity index is 0.891. The van der Waals surface area contributed by atoms with Crippen molar-refractivity contribution >= 4 is 55.9 Å². The van der Waals surface area contributed by atoms with E-state index in [4.69, 9.17) is 13.9 Å². The minimum absolute atomic E-state index is 0.179. The molecule has 8 aromatic carbocycles. The van der Waals surface area contributed by atoms with Crippen LogP contribution in [0.15, 0.2) is 216 Å². The van der Waals surface area contributed by atoms with Gasteiger partial charge in [0.15, 0.2) is 23.0 Å². The topological polar surface area (TPSA) is 38.1 Å². The lowest BCUT2D eigenvalue weighted by Gasteiger charge is -2.32. The SMILES string of the molecule is C1=CC2c3ccccc3N(c3cccc(N(c4ccc5c(c4)Oc4c(ccc6c4-c4ccccc4C64C6=CCCC=C6c6ccccc64)O5)c4ccc5c(c4)oc4ccccc45)c3)C2C=C1. The molecular weight excluding hydrogens is 809 g/mol. The summed E-state index contributed by atoms with van der Waals surface area (Å²) < 4.78 is 20.6. The second-order valence-corrected chi connectivity index (χ2v) is 18.2. The number of hydrogen-bond donors (Lipinski definition) is 0. The Bertz CT molecular complexity index is 3720. The minimum Gasteiger partial charge on any atom is -0.456 e. The number of allylic oxidation sites excluding steroid dienone is 6. The van der Waals surface area contributed by atoms with Gasteiger partial charge in [-0.05, 0) is 118 Å². The molecule has 66 heavy (non-hydrogen) atoms. The van der Waals surface area contributed by atoms with Crippen LogP contribution in [0.3, 0.4) is 0 Å². The number of rotatable bonds is 4. The van der Waals surface area contributed by atoms with E-state index in [1.807, 2.05) is 18.2 Å². The molecule has 0 fully saturated rings. The monoisotopic (exact) mass is 848 g/mol. The molecule has 0 amide bonds. The molecule has 5 nitrogen and oxygen atoms in total. The van der Waals surface area contributed by atoms with Gasteiger partial charge in [0.1, 0.15) is 11.2 Å². The first-order chi connectivity index (χ1) is 32.7. The van der Waals surface area contributed by atoms with Gasteiger partial charge in [0.2, 0.25) is 0 Å². The summed E-state index contributed by atoms with van der Waals surface area (Å²) in [4.78, 5) is 4.80. The predicted molar refractivity (Wildman–Crippen MR) is 265 cm³/mol. The van der Waals surface area contributed by atoms with Crippen LogP contribution in [-0.2, 0) is 5.41 Å². The molecule has 9 aromatic rings. The van der Waals surface area contributed by atoms with Gasteiger partial charge in [0, 0.05) is 57.1 Å². The zero-order valence-corrected chi connectivity index (χ0v) is 35.8. The first kappa shape index (κ1) is 36.1. The van der Waals surface area contributed by atoms with Crippen molar-refractivity contribution in [3.05, 3.63) is 240 Å². The molecule has 3 atom stereocenters.